The van der Waals surface area contributed by atoms with E-state index in [0.717, 1.165) is 16.3 Å². The summed E-state index contributed by atoms with van der Waals surface area (Å²) in [7, 11) is 0. The van der Waals surface area contributed by atoms with Crippen LogP contribution in [0.15, 0.2) is 36.4 Å². The summed E-state index contributed by atoms with van der Waals surface area (Å²) in [4.78, 5) is 1.22. The summed E-state index contributed by atoms with van der Waals surface area (Å²) in [5.74, 6) is -0.178. The Morgan fingerprint density at radius 1 is 1.26 bits per heavy atom. The molecule has 2 atom stereocenters. The maximum Gasteiger partial charge on any atom is 0.123 e. The summed E-state index contributed by atoms with van der Waals surface area (Å²) in [5.41, 5.74) is 1.01. The molecule has 19 heavy (non-hydrogen) atoms. The van der Waals surface area contributed by atoms with Crippen molar-refractivity contribution in [3.63, 3.8) is 0 Å². The van der Waals surface area contributed by atoms with Crippen LogP contribution in [0.25, 0.3) is 0 Å². The van der Waals surface area contributed by atoms with E-state index in [4.69, 9.17) is 11.6 Å². The van der Waals surface area contributed by atoms with Crippen molar-refractivity contribution in [2.75, 3.05) is 0 Å². The van der Waals surface area contributed by atoms with Crippen LogP contribution in [-0.2, 0) is 6.42 Å². The van der Waals surface area contributed by atoms with Crippen molar-refractivity contribution in [3.05, 3.63) is 57.0 Å². The Morgan fingerprint density at radius 3 is 2.68 bits per heavy atom. The molecule has 0 aliphatic rings. The van der Waals surface area contributed by atoms with E-state index in [9.17, 15) is 4.39 Å². The molecule has 0 saturated heterocycles. The summed E-state index contributed by atoms with van der Waals surface area (Å²) >= 11 is 7.53. The van der Waals surface area contributed by atoms with Gasteiger partial charge in [0.15, 0.2) is 0 Å². The van der Waals surface area contributed by atoms with E-state index in [2.05, 4.69) is 19.2 Å². The third-order valence-corrected chi connectivity index (χ3v) is 4.40. The summed E-state index contributed by atoms with van der Waals surface area (Å²) in [5, 5.41) is 3.51. The largest absolute Gasteiger partial charge is 0.307 e. The molecule has 0 saturated carbocycles. The molecule has 0 spiro atoms. The number of benzene rings is 1. The third kappa shape index (κ3) is 4.30. The quantitative estimate of drug-likeness (QED) is 0.834. The Kier molecular flexibility index (Phi) is 4.97. The van der Waals surface area contributed by atoms with Gasteiger partial charge in [0.25, 0.3) is 0 Å². The molecule has 1 N–H and O–H groups in total. The second-order valence-electron chi connectivity index (χ2n) is 4.77. The van der Waals surface area contributed by atoms with Crippen LogP contribution >= 0.6 is 22.9 Å². The topological polar surface area (TPSA) is 12.0 Å². The number of hydrogen-bond acceptors (Lipinski definition) is 2. The zero-order valence-electron chi connectivity index (χ0n) is 11.0. The standard InChI is InChI=1S/C15H17ClFNS/c1-10(8-12-4-3-5-13(17)9-12)18-11(2)14-6-7-15(16)19-14/h3-7,9-11,18H,8H2,1-2H3. The van der Waals surface area contributed by atoms with Gasteiger partial charge in [-0.3, -0.25) is 0 Å². The minimum atomic E-state index is -0.178. The number of hydrogen-bond donors (Lipinski definition) is 1. The van der Waals surface area contributed by atoms with E-state index in [0.29, 0.717) is 0 Å². The molecule has 1 nitrogen and oxygen atoms in total. The molecule has 102 valence electrons. The van der Waals surface area contributed by atoms with E-state index >= 15 is 0 Å². The maximum atomic E-state index is 13.1. The van der Waals surface area contributed by atoms with Gasteiger partial charge in [0.05, 0.1) is 4.34 Å². The zero-order valence-corrected chi connectivity index (χ0v) is 12.6. The van der Waals surface area contributed by atoms with Gasteiger partial charge in [0.1, 0.15) is 5.82 Å². The van der Waals surface area contributed by atoms with Crippen molar-refractivity contribution in [2.24, 2.45) is 0 Å². The van der Waals surface area contributed by atoms with Crippen LogP contribution in [0.1, 0.15) is 30.3 Å². The van der Waals surface area contributed by atoms with Crippen molar-refractivity contribution in [1.82, 2.24) is 5.32 Å². The summed E-state index contributed by atoms with van der Waals surface area (Å²) in [6.07, 6.45) is 0.807. The monoisotopic (exact) mass is 297 g/mol. The highest BCUT2D eigenvalue weighted by molar-refractivity contribution is 7.16. The van der Waals surface area contributed by atoms with Crippen molar-refractivity contribution >= 4 is 22.9 Å². The highest BCUT2D eigenvalue weighted by atomic mass is 35.5. The molecule has 1 aromatic heterocycles. The first-order valence-corrected chi connectivity index (χ1v) is 7.50. The highest BCUT2D eigenvalue weighted by Gasteiger charge is 2.12. The molecule has 0 fully saturated rings. The Balaban J connectivity index is 1.92. The summed E-state index contributed by atoms with van der Waals surface area (Å²) in [6, 6.07) is 11.2. The fourth-order valence-electron chi connectivity index (χ4n) is 2.15. The van der Waals surface area contributed by atoms with Crippen LogP contribution in [0.3, 0.4) is 0 Å². The molecule has 0 radical (unpaired) electrons. The minimum absolute atomic E-state index is 0.178. The Bertz CT molecular complexity index is 540. The van der Waals surface area contributed by atoms with Crippen LogP contribution in [-0.4, -0.2) is 6.04 Å². The lowest BCUT2D eigenvalue weighted by Gasteiger charge is -2.19. The predicted octanol–water partition coefficient (Wildman–Crippen LogP) is 4.82. The van der Waals surface area contributed by atoms with Gasteiger partial charge in [-0.05, 0) is 50.1 Å². The van der Waals surface area contributed by atoms with Crippen molar-refractivity contribution in [3.8, 4) is 0 Å². The molecule has 2 unspecified atom stereocenters. The summed E-state index contributed by atoms with van der Waals surface area (Å²) < 4.78 is 13.9. The van der Waals surface area contributed by atoms with Gasteiger partial charge in [0, 0.05) is 17.0 Å². The molecule has 1 heterocycles. The second kappa shape index (κ2) is 6.51. The molecule has 2 aromatic rings. The first kappa shape index (κ1) is 14.5. The van der Waals surface area contributed by atoms with Crippen LogP contribution < -0.4 is 5.32 Å². The number of nitrogens with one attached hydrogen (secondary N) is 1. The third-order valence-electron chi connectivity index (χ3n) is 2.99. The number of thiophene rings is 1. The highest BCUT2D eigenvalue weighted by Crippen LogP contribution is 2.27. The number of rotatable bonds is 5. The molecular formula is C15H17ClFNS. The van der Waals surface area contributed by atoms with E-state index in [1.807, 2.05) is 18.2 Å². The summed E-state index contributed by atoms with van der Waals surface area (Å²) in [6.45, 7) is 4.22. The van der Waals surface area contributed by atoms with Gasteiger partial charge >= 0.3 is 0 Å². The van der Waals surface area contributed by atoms with Crippen molar-refractivity contribution < 1.29 is 4.39 Å². The predicted molar refractivity (Wildman–Crippen MR) is 80.4 cm³/mol. The maximum absolute atomic E-state index is 13.1. The van der Waals surface area contributed by atoms with Crippen molar-refractivity contribution in [2.45, 2.75) is 32.4 Å². The van der Waals surface area contributed by atoms with Crippen LogP contribution in [0, 0.1) is 5.82 Å². The molecule has 0 aliphatic carbocycles. The lowest BCUT2D eigenvalue weighted by atomic mass is 10.1. The Morgan fingerprint density at radius 2 is 2.05 bits per heavy atom. The van der Waals surface area contributed by atoms with Gasteiger partial charge in [0.2, 0.25) is 0 Å². The molecule has 2 rings (SSSR count). The minimum Gasteiger partial charge on any atom is -0.307 e. The normalized spacial score (nSPS) is 14.3. The second-order valence-corrected chi connectivity index (χ2v) is 6.51. The van der Waals surface area contributed by atoms with Gasteiger partial charge in [-0.25, -0.2) is 4.39 Å². The Labute approximate surface area is 122 Å². The molecule has 0 amide bonds. The van der Waals surface area contributed by atoms with Crippen LogP contribution in [0.2, 0.25) is 4.34 Å². The first-order chi connectivity index (χ1) is 9.04. The first-order valence-electron chi connectivity index (χ1n) is 6.30. The lowest BCUT2D eigenvalue weighted by molar-refractivity contribution is 0.481. The van der Waals surface area contributed by atoms with E-state index in [-0.39, 0.29) is 17.9 Å². The Hall–Kier alpha value is -0.900. The average Bonchev–Trinajstić information content (AvgIpc) is 2.75. The molecule has 4 heteroatoms. The van der Waals surface area contributed by atoms with Crippen LogP contribution in [0.5, 0.6) is 0 Å². The van der Waals surface area contributed by atoms with E-state index < -0.39 is 0 Å². The van der Waals surface area contributed by atoms with E-state index in [1.54, 1.807) is 23.5 Å². The van der Waals surface area contributed by atoms with Crippen molar-refractivity contribution in [1.29, 1.82) is 0 Å². The SMILES string of the molecule is CC(Cc1cccc(F)c1)NC(C)c1ccc(Cl)s1. The van der Waals surface area contributed by atoms with Gasteiger partial charge in [-0.2, -0.15) is 0 Å². The van der Waals surface area contributed by atoms with Gasteiger partial charge in [-0.1, -0.05) is 23.7 Å². The number of halogens is 2. The molecule has 0 aliphatic heterocycles. The molecule has 0 bridgehead atoms. The molecule has 1 aromatic carbocycles. The fraction of sp³-hybridized carbons (Fsp3) is 0.333. The average molecular weight is 298 g/mol. The van der Waals surface area contributed by atoms with E-state index in [1.165, 1.54) is 10.9 Å². The zero-order chi connectivity index (χ0) is 13.8. The van der Waals surface area contributed by atoms with Gasteiger partial charge < -0.3 is 5.32 Å². The van der Waals surface area contributed by atoms with Crippen LogP contribution in [0.4, 0.5) is 4.39 Å². The van der Waals surface area contributed by atoms with Gasteiger partial charge in [-0.15, -0.1) is 11.3 Å². The fourth-order valence-corrected chi connectivity index (χ4v) is 3.22. The molecular weight excluding hydrogens is 281 g/mol. The smallest absolute Gasteiger partial charge is 0.123 e. The lowest BCUT2D eigenvalue weighted by Crippen LogP contribution is -2.30.